The molecule has 0 bridgehead atoms. The first-order valence-corrected chi connectivity index (χ1v) is 10.5. The summed E-state index contributed by atoms with van der Waals surface area (Å²) >= 11 is 6.30. The van der Waals surface area contributed by atoms with Crippen LogP contribution in [-0.4, -0.2) is 57.4 Å². The van der Waals surface area contributed by atoms with Gasteiger partial charge in [0.2, 0.25) is 0 Å². The number of nitrogens with one attached hydrogen (secondary N) is 1. The van der Waals surface area contributed by atoms with Gasteiger partial charge in [0.05, 0.1) is 41.5 Å². The van der Waals surface area contributed by atoms with Gasteiger partial charge in [-0.15, -0.1) is 0 Å². The van der Waals surface area contributed by atoms with Crippen LogP contribution in [0.5, 0.6) is 0 Å². The van der Waals surface area contributed by atoms with Gasteiger partial charge < -0.3 is 14.6 Å². The van der Waals surface area contributed by atoms with Crippen molar-refractivity contribution in [2.75, 3.05) is 26.7 Å². The fourth-order valence-electron chi connectivity index (χ4n) is 4.20. The average Bonchev–Trinajstić information content (AvgIpc) is 3.49. The van der Waals surface area contributed by atoms with Crippen LogP contribution in [0.2, 0.25) is 5.02 Å². The van der Waals surface area contributed by atoms with E-state index in [2.05, 4.69) is 14.9 Å². The third-order valence-electron chi connectivity index (χ3n) is 5.72. The van der Waals surface area contributed by atoms with Gasteiger partial charge in [-0.25, -0.2) is 4.79 Å². The molecule has 4 heterocycles. The molecule has 1 saturated heterocycles. The molecule has 1 aliphatic heterocycles. The lowest BCUT2D eigenvalue weighted by atomic mass is 10.1. The summed E-state index contributed by atoms with van der Waals surface area (Å²) < 4.78 is 6.94. The van der Waals surface area contributed by atoms with Crippen LogP contribution in [0, 0.1) is 0 Å². The van der Waals surface area contributed by atoms with E-state index in [0.717, 1.165) is 48.5 Å². The highest BCUT2D eigenvalue weighted by Crippen LogP contribution is 2.32. The Labute approximate surface area is 178 Å². The van der Waals surface area contributed by atoms with Crippen molar-refractivity contribution in [2.24, 2.45) is 0 Å². The van der Waals surface area contributed by atoms with Crippen LogP contribution in [0.15, 0.2) is 36.5 Å². The largest absolute Gasteiger partial charge is 0.465 e. The summed E-state index contributed by atoms with van der Waals surface area (Å²) in [7, 11) is 1.37. The average molecular weight is 424 g/mol. The number of pyridine rings is 1. The molecule has 0 aliphatic carbocycles. The molecule has 154 valence electrons. The molecule has 0 spiro atoms. The lowest BCUT2D eigenvalue weighted by Crippen LogP contribution is -2.24. The Morgan fingerprint density at radius 3 is 2.83 bits per heavy atom. The van der Waals surface area contributed by atoms with Crippen molar-refractivity contribution >= 4 is 39.5 Å². The molecule has 0 unspecified atom stereocenters. The van der Waals surface area contributed by atoms with Gasteiger partial charge in [-0.3, -0.25) is 9.67 Å². The van der Waals surface area contributed by atoms with Crippen LogP contribution in [0.25, 0.3) is 33.3 Å². The van der Waals surface area contributed by atoms with E-state index in [4.69, 9.17) is 21.4 Å². The van der Waals surface area contributed by atoms with Crippen molar-refractivity contribution in [3.8, 4) is 11.4 Å². The second-order valence-corrected chi connectivity index (χ2v) is 8.01. The highest BCUT2D eigenvalue weighted by Gasteiger charge is 2.19. The lowest BCUT2D eigenvalue weighted by Gasteiger charge is -2.14. The van der Waals surface area contributed by atoms with Gasteiger partial charge >= 0.3 is 5.97 Å². The van der Waals surface area contributed by atoms with E-state index >= 15 is 0 Å². The third-order valence-corrected chi connectivity index (χ3v) is 5.96. The number of aromatic amines is 1. The number of nitrogens with zero attached hydrogens (tertiary/aromatic N) is 4. The maximum atomic E-state index is 12.1. The number of H-pyrrole nitrogens is 1. The first-order chi connectivity index (χ1) is 14.6. The molecule has 30 heavy (non-hydrogen) atoms. The SMILES string of the molecule is COC(=O)c1ccnc2cc(-c3nn(CCN4CCCC4)c4ccc(Cl)cc34)[nH]c12. The first-order valence-electron chi connectivity index (χ1n) is 10.1. The Bertz CT molecular complexity index is 1240. The number of carbonyl (C=O) groups excluding carboxylic acids is 1. The fraction of sp³-hybridized carbons (Fsp3) is 0.318. The molecule has 3 aromatic heterocycles. The van der Waals surface area contributed by atoms with Gasteiger partial charge in [-0.05, 0) is 56.3 Å². The molecule has 5 rings (SSSR count). The van der Waals surface area contributed by atoms with E-state index in [9.17, 15) is 4.79 Å². The van der Waals surface area contributed by atoms with Crippen LogP contribution in [0.4, 0.5) is 0 Å². The van der Waals surface area contributed by atoms with E-state index in [-0.39, 0.29) is 0 Å². The molecule has 0 atom stereocenters. The second-order valence-electron chi connectivity index (χ2n) is 7.58. The van der Waals surface area contributed by atoms with Crippen molar-refractivity contribution in [2.45, 2.75) is 19.4 Å². The molecule has 8 heteroatoms. The van der Waals surface area contributed by atoms with Crippen molar-refractivity contribution in [1.82, 2.24) is 24.6 Å². The number of hydrogen-bond acceptors (Lipinski definition) is 5. The molecule has 1 N–H and O–H groups in total. The fourth-order valence-corrected chi connectivity index (χ4v) is 4.37. The van der Waals surface area contributed by atoms with Gasteiger partial charge in [0, 0.05) is 23.2 Å². The van der Waals surface area contributed by atoms with Crippen LogP contribution < -0.4 is 0 Å². The highest BCUT2D eigenvalue weighted by atomic mass is 35.5. The molecule has 1 aliphatic rings. The number of ether oxygens (including phenoxy) is 1. The zero-order valence-corrected chi connectivity index (χ0v) is 17.4. The predicted octanol–water partition coefficient (Wildman–Crippen LogP) is 4.12. The monoisotopic (exact) mass is 423 g/mol. The standard InChI is InChI=1S/C22H22ClN5O2/c1-30-22(29)15-6-7-24-17-13-18(25-20(15)17)21-16-12-14(23)4-5-19(16)28(26-21)11-10-27-8-2-3-9-27/h4-7,12-13,25H,2-3,8-11H2,1H3. The Kier molecular flexibility index (Phi) is 4.92. The third kappa shape index (κ3) is 3.34. The number of methoxy groups -OCH3 is 1. The van der Waals surface area contributed by atoms with E-state index in [1.54, 1.807) is 12.3 Å². The van der Waals surface area contributed by atoms with Gasteiger partial charge in [-0.2, -0.15) is 5.10 Å². The van der Waals surface area contributed by atoms with Gasteiger partial charge in [0.25, 0.3) is 0 Å². The smallest absolute Gasteiger partial charge is 0.340 e. The maximum Gasteiger partial charge on any atom is 0.340 e. The van der Waals surface area contributed by atoms with Crippen LogP contribution in [-0.2, 0) is 11.3 Å². The number of fused-ring (bicyclic) bond motifs is 2. The highest BCUT2D eigenvalue weighted by molar-refractivity contribution is 6.31. The van der Waals surface area contributed by atoms with Crippen LogP contribution >= 0.6 is 11.6 Å². The quantitative estimate of drug-likeness (QED) is 0.489. The number of benzene rings is 1. The number of rotatable bonds is 5. The molecule has 4 aromatic rings. The predicted molar refractivity (Wildman–Crippen MR) is 117 cm³/mol. The second kappa shape index (κ2) is 7.74. The Hall–Kier alpha value is -2.90. The number of aromatic nitrogens is 4. The summed E-state index contributed by atoms with van der Waals surface area (Å²) in [5, 5.41) is 6.53. The van der Waals surface area contributed by atoms with E-state index in [1.165, 1.54) is 20.0 Å². The van der Waals surface area contributed by atoms with E-state index < -0.39 is 5.97 Å². The molecule has 0 amide bonds. The summed E-state index contributed by atoms with van der Waals surface area (Å²) in [5.41, 5.74) is 4.40. The number of carbonyl (C=O) groups is 1. The maximum absolute atomic E-state index is 12.1. The molecule has 1 fully saturated rings. The zero-order valence-electron chi connectivity index (χ0n) is 16.7. The Morgan fingerprint density at radius 2 is 2.03 bits per heavy atom. The van der Waals surface area contributed by atoms with E-state index in [1.807, 2.05) is 28.9 Å². The Balaban J connectivity index is 1.59. The van der Waals surface area contributed by atoms with Crippen LogP contribution in [0.1, 0.15) is 23.2 Å². The topological polar surface area (TPSA) is 76.0 Å². The summed E-state index contributed by atoms with van der Waals surface area (Å²) in [4.78, 5) is 22.3. The van der Waals surface area contributed by atoms with Gasteiger partial charge in [0.1, 0.15) is 5.69 Å². The minimum Gasteiger partial charge on any atom is -0.465 e. The lowest BCUT2D eigenvalue weighted by molar-refractivity contribution is 0.0602. The molecule has 7 nitrogen and oxygen atoms in total. The molecule has 1 aromatic carbocycles. The molecule has 0 saturated carbocycles. The summed E-state index contributed by atoms with van der Waals surface area (Å²) in [5.74, 6) is -0.403. The van der Waals surface area contributed by atoms with E-state index in [0.29, 0.717) is 21.6 Å². The summed E-state index contributed by atoms with van der Waals surface area (Å²) in [6.07, 6.45) is 4.15. The Morgan fingerprint density at radius 1 is 1.20 bits per heavy atom. The van der Waals surface area contributed by atoms with Crippen molar-refractivity contribution in [3.05, 3.63) is 47.1 Å². The molecular weight excluding hydrogens is 402 g/mol. The minimum absolute atomic E-state index is 0.403. The van der Waals surface area contributed by atoms with Crippen molar-refractivity contribution < 1.29 is 9.53 Å². The molecular formula is C22H22ClN5O2. The summed E-state index contributed by atoms with van der Waals surface area (Å²) in [6, 6.07) is 9.40. The van der Waals surface area contributed by atoms with Crippen molar-refractivity contribution in [1.29, 1.82) is 0 Å². The first kappa shape index (κ1) is 19.1. The number of halogens is 1. The zero-order chi connectivity index (χ0) is 20.7. The number of esters is 1. The number of hydrogen-bond donors (Lipinski definition) is 1. The normalized spacial score (nSPS) is 14.7. The van der Waals surface area contributed by atoms with Gasteiger partial charge in [0.15, 0.2) is 0 Å². The minimum atomic E-state index is -0.403. The molecule has 0 radical (unpaired) electrons. The van der Waals surface area contributed by atoms with Gasteiger partial charge in [-0.1, -0.05) is 11.6 Å². The van der Waals surface area contributed by atoms with Crippen LogP contribution in [0.3, 0.4) is 0 Å². The summed E-state index contributed by atoms with van der Waals surface area (Å²) in [6.45, 7) is 4.09. The number of likely N-dealkylation sites (tertiary alicyclic amines) is 1. The van der Waals surface area contributed by atoms with Crippen molar-refractivity contribution in [3.63, 3.8) is 0 Å².